The van der Waals surface area contributed by atoms with Crippen LogP contribution in [0.4, 0.5) is 5.69 Å². The Morgan fingerprint density at radius 3 is 2.62 bits per heavy atom. The molecule has 0 radical (unpaired) electrons. The van der Waals surface area contributed by atoms with Gasteiger partial charge in [0.25, 0.3) is 5.91 Å². The molecule has 126 valence electrons. The molecule has 1 heterocycles. The summed E-state index contributed by atoms with van der Waals surface area (Å²) in [7, 11) is 0. The fraction of sp³-hybridized carbons (Fsp3) is 0.350. The van der Waals surface area contributed by atoms with E-state index in [0.717, 1.165) is 16.9 Å². The van der Waals surface area contributed by atoms with Crippen molar-refractivity contribution in [2.75, 3.05) is 5.73 Å². The molecule has 0 aromatic heterocycles. The Kier molecular flexibility index (Phi) is 3.99. The maximum atomic E-state index is 12.7. The maximum absolute atomic E-state index is 12.7. The van der Waals surface area contributed by atoms with Crippen molar-refractivity contribution in [3.8, 4) is 5.75 Å². The average Bonchev–Trinajstić information content (AvgIpc) is 2.50. The van der Waals surface area contributed by atoms with Crippen LogP contribution >= 0.6 is 0 Å². The molecule has 2 aromatic carbocycles. The molecule has 2 aromatic rings. The molecular weight excluding hydrogens is 300 g/mol. The molecule has 0 saturated carbocycles. The van der Waals surface area contributed by atoms with Gasteiger partial charge >= 0.3 is 0 Å². The number of nitrogens with one attached hydrogen (secondary N) is 1. The number of hydrogen-bond donors (Lipinski definition) is 2. The summed E-state index contributed by atoms with van der Waals surface area (Å²) in [5.74, 6) is 0.708. The van der Waals surface area contributed by atoms with E-state index in [0.29, 0.717) is 17.7 Å². The minimum absolute atomic E-state index is 0.0748. The molecule has 3 N–H and O–H groups in total. The number of benzene rings is 2. The Balaban J connectivity index is 1.90. The lowest BCUT2D eigenvalue weighted by atomic mass is 9.89. The van der Waals surface area contributed by atoms with Crippen LogP contribution in [0.1, 0.15) is 53.4 Å². The summed E-state index contributed by atoms with van der Waals surface area (Å²) in [5, 5.41) is 3.15. The van der Waals surface area contributed by atoms with Crippen molar-refractivity contribution >= 4 is 11.6 Å². The van der Waals surface area contributed by atoms with E-state index in [4.69, 9.17) is 10.5 Å². The first-order chi connectivity index (χ1) is 11.2. The van der Waals surface area contributed by atoms with Crippen LogP contribution in [-0.4, -0.2) is 11.5 Å². The normalized spacial score (nSPS) is 18.4. The minimum atomic E-state index is -0.343. The minimum Gasteiger partial charge on any atom is -0.487 e. The number of aryl methyl sites for hydroxylation is 2. The molecule has 4 nitrogen and oxygen atoms in total. The van der Waals surface area contributed by atoms with E-state index in [-0.39, 0.29) is 17.6 Å². The standard InChI is InChI=1S/C20H24N2O2/c1-12-5-6-14(9-13(12)2)19(23)22-17-11-20(3,4)24-18-8-7-15(21)10-16(17)18/h5-10,17H,11,21H2,1-4H3,(H,22,23). The molecular formula is C20H24N2O2. The van der Waals surface area contributed by atoms with E-state index in [1.54, 1.807) is 0 Å². The van der Waals surface area contributed by atoms with Crippen molar-refractivity contribution in [1.29, 1.82) is 0 Å². The van der Waals surface area contributed by atoms with Crippen LogP contribution in [-0.2, 0) is 0 Å². The van der Waals surface area contributed by atoms with E-state index in [9.17, 15) is 4.79 Å². The topological polar surface area (TPSA) is 64.3 Å². The summed E-state index contributed by atoms with van der Waals surface area (Å²) in [6, 6.07) is 11.2. The van der Waals surface area contributed by atoms with Crippen LogP contribution in [0.15, 0.2) is 36.4 Å². The second kappa shape index (κ2) is 5.86. The Hall–Kier alpha value is -2.49. The van der Waals surface area contributed by atoms with Crippen LogP contribution in [0, 0.1) is 13.8 Å². The van der Waals surface area contributed by atoms with Crippen molar-refractivity contribution in [3.05, 3.63) is 58.7 Å². The van der Waals surface area contributed by atoms with Gasteiger partial charge in [-0.1, -0.05) is 6.07 Å². The third-order valence-corrected chi connectivity index (χ3v) is 4.57. The summed E-state index contributed by atoms with van der Waals surface area (Å²) in [6.07, 6.45) is 0.694. The zero-order chi connectivity index (χ0) is 17.5. The summed E-state index contributed by atoms with van der Waals surface area (Å²) < 4.78 is 6.02. The molecule has 1 aliphatic heterocycles. The van der Waals surface area contributed by atoms with Gasteiger partial charge in [-0.3, -0.25) is 4.79 Å². The van der Waals surface area contributed by atoms with Gasteiger partial charge in [-0.25, -0.2) is 0 Å². The molecule has 0 fully saturated rings. The average molecular weight is 324 g/mol. The fourth-order valence-corrected chi connectivity index (χ4v) is 3.13. The predicted octanol–water partition coefficient (Wildman–Crippen LogP) is 3.92. The predicted molar refractivity (Wildman–Crippen MR) is 96.3 cm³/mol. The van der Waals surface area contributed by atoms with E-state index in [1.165, 1.54) is 5.56 Å². The third kappa shape index (κ3) is 3.23. The van der Waals surface area contributed by atoms with Crippen molar-refractivity contribution in [2.24, 2.45) is 0 Å². The van der Waals surface area contributed by atoms with Crippen LogP contribution in [0.3, 0.4) is 0 Å². The van der Waals surface area contributed by atoms with Gasteiger partial charge in [0.05, 0.1) is 6.04 Å². The van der Waals surface area contributed by atoms with Gasteiger partial charge in [0.2, 0.25) is 0 Å². The summed E-state index contributed by atoms with van der Waals surface area (Å²) in [4.78, 5) is 12.7. The number of fused-ring (bicyclic) bond motifs is 1. The highest BCUT2D eigenvalue weighted by atomic mass is 16.5. The van der Waals surface area contributed by atoms with Gasteiger partial charge in [0.15, 0.2) is 0 Å². The summed E-state index contributed by atoms with van der Waals surface area (Å²) in [5.41, 5.74) is 10.1. The maximum Gasteiger partial charge on any atom is 0.251 e. The quantitative estimate of drug-likeness (QED) is 0.823. The summed E-state index contributed by atoms with van der Waals surface area (Å²) >= 11 is 0. The van der Waals surface area contributed by atoms with Crippen LogP contribution in [0.25, 0.3) is 0 Å². The highest BCUT2D eigenvalue weighted by Gasteiger charge is 2.34. The second-order valence-corrected chi connectivity index (χ2v) is 7.19. The lowest BCUT2D eigenvalue weighted by Crippen LogP contribution is -2.41. The van der Waals surface area contributed by atoms with E-state index in [2.05, 4.69) is 5.32 Å². The molecule has 0 saturated heterocycles. The van der Waals surface area contributed by atoms with Gasteiger partial charge in [-0.05, 0) is 69.2 Å². The SMILES string of the molecule is Cc1ccc(C(=O)NC2CC(C)(C)Oc3ccc(N)cc32)cc1C. The van der Waals surface area contributed by atoms with Crippen molar-refractivity contribution in [3.63, 3.8) is 0 Å². The zero-order valence-corrected chi connectivity index (χ0v) is 14.6. The van der Waals surface area contributed by atoms with Gasteiger partial charge in [-0.15, -0.1) is 0 Å². The number of ether oxygens (including phenoxy) is 1. The fourth-order valence-electron chi connectivity index (χ4n) is 3.13. The number of nitrogen functional groups attached to an aromatic ring is 1. The third-order valence-electron chi connectivity index (χ3n) is 4.57. The second-order valence-electron chi connectivity index (χ2n) is 7.19. The Bertz CT molecular complexity index is 796. The lowest BCUT2D eigenvalue weighted by molar-refractivity contribution is 0.0620. The molecule has 1 aliphatic rings. The Labute approximate surface area is 143 Å². The van der Waals surface area contributed by atoms with Crippen LogP contribution in [0.2, 0.25) is 0 Å². The summed E-state index contributed by atoms with van der Waals surface area (Å²) in [6.45, 7) is 8.11. The smallest absolute Gasteiger partial charge is 0.251 e. The number of carbonyl (C=O) groups is 1. The molecule has 0 aliphatic carbocycles. The lowest BCUT2D eigenvalue weighted by Gasteiger charge is -2.38. The van der Waals surface area contributed by atoms with Crippen LogP contribution < -0.4 is 15.8 Å². The van der Waals surface area contributed by atoms with E-state index < -0.39 is 0 Å². The Morgan fingerprint density at radius 1 is 1.17 bits per heavy atom. The number of amides is 1. The molecule has 1 atom stereocenters. The number of anilines is 1. The van der Waals surface area contributed by atoms with Gasteiger partial charge < -0.3 is 15.8 Å². The Morgan fingerprint density at radius 2 is 1.92 bits per heavy atom. The number of carbonyl (C=O) groups excluding carboxylic acids is 1. The largest absolute Gasteiger partial charge is 0.487 e. The van der Waals surface area contributed by atoms with Crippen molar-refractivity contribution in [1.82, 2.24) is 5.32 Å². The van der Waals surface area contributed by atoms with Crippen molar-refractivity contribution in [2.45, 2.75) is 45.8 Å². The van der Waals surface area contributed by atoms with Crippen LogP contribution in [0.5, 0.6) is 5.75 Å². The molecule has 3 rings (SSSR count). The molecule has 0 bridgehead atoms. The highest BCUT2D eigenvalue weighted by molar-refractivity contribution is 5.94. The monoisotopic (exact) mass is 324 g/mol. The molecule has 1 amide bonds. The van der Waals surface area contributed by atoms with Crippen molar-refractivity contribution < 1.29 is 9.53 Å². The molecule has 0 spiro atoms. The first kappa shape index (κ1) is 16.4. The van der Waals surface area contributed by atoms with Gasteiger partial charge in [0, 0.05) is 23.2 Å². The van der Waals surface area contributed by atoms with E-state index in [1.807, 2.05) is 64.1 Å². The molecule has 24 heavy (non-hydrogen) atoms. The zero-order valence-electron chi connectivity index (χ0n) is 14.6. The molecule has 1 unspecified atom stereocenters. The number of rotatable bonds is 2. The van der Waals surface area contributed by atoms with Gasteiger partial charge in [-0.2, -0.15) is 0 Å². The van der Waals surface area contributed by atoms with Gasteiger partial charge in [0.1, 0.15) is 11.4 Å². The highest BCUT2D eigenvalue weighted by Crippen LogP contribution is 2.40. The number of nitrogens with two attached hydrogens (primary N) is 1. The van der Waals surface area contributed by atoms with E-state index >= 15 is 0 Å². The first-order valence-corrected chi connectivity index (χ1v) is 8.22. The number of hydrogen-bond acceptors (Lipinski definition) is 3. The first-order valence-electron chi connectivity index (χ1n) is 8.22. The molecule has 4 heteroatoms.